The van der Waals surface area contributed by atoms with Crippen LogP contribution in [0.15, 0.2) is 12.7 Å². The van der Waals surface area contributed by atoms with Gasteiger partial charge >= 0.3 is 0 Å². The summed E-state index contributed by atoms with van der Waals surface area (Å²) in [5.41, 5.74) is 5.54. The molecule has 0 rings (SSSR count). The third-order valence-electron chi connectivity index (χ3n) is 0.954. The summed E-state index contributed by atoms with van der Waals surface area (Å²) in [6, 6.07) is 0.303. The van der Waals surface area contributed by atoms with Crippen molar-refractivity contribution in [1.29, 1.82) is 0 Å². The molecule has 0 spiro atoms. The van der Waals surface area contributed by atoms with Crippen molar-refractivity contribution in [2.45, 2.75) is 25.1 Å². The maximum absolute atomic E-state index is 5.54. The van der Waals surface area contributed by atoms with Crippen LogP contribution in [0.3, 0.4) is 0 Å². The Bertz CT molecular complexity index is 81.0. The summed E-state index contributed by atoms with van der Waals surface area (Å²) in [7, 11) is 0. The molecule has 0 bridgehead atoms. The van der Waals surface area contributed by atoms with Crippen LogP contribution in [0.1, 0.15) is 13.8 Å². The SMILES string of the molecule is C=CC(C)SCC(C)N. The van der Waals surface area contributed by atoms with Crippen LogP contribution in [0.2, 0.25) is 0 Å². The second-order valence-corrected chi connectivity index (χ2v) is 3.66. The van der Waals surface area contributed by atoms with E-state index in [4.69, 9.17) is 5.73 Å². The number of rotatable bonds is 4. The predicted molar refractivity (Wildman–Crippen MR) is 45.8 cm³/mol. The molecule has 0 saturated heterocycles. The predicted octanol–water partition coefficient (Wildman–Crippen LogP) is 1.64. The Balaban J connectivity index is 3.16. The Kier molecular flexibility index (Phi) is 4.91. The molecule has 0 fully saturated rings. The Labute approximate surface area is 61.7 Å². The zero-order chi connectivity index (χ0) is 7.28. The molecule has 2 N–H and O–H groups in total. The Morgan fingerprint density at radius 3 is 2.56 bits per heavy atom. The highest BCUT2D eigenvalue weighted by Gasteiger charge is 1.97. The van der Waals surface area contributed by atoms with Crippen LogP contribution >= 0.6 is 11.8 Å². The second kappa shape index (κ2) is 4.89. The van der Waals surface area contributed by atoms with Crippen molar-refractivity contribution in [1.82, 2.24) is 0 Å². The van der Waals surface area contributed by atoms with Crippen LogP contribution in [0.4, 0.5) is 0 Å². The fourth-order valence-electron chi connectivity index (χ4n) is 0.372. The Morgan fingerprint density at radius 2 is 2.22 bits per heavy atom. The molecular weight excluding hydrogens is 130 g/mol. The molecule has 0 aromatic carbocycles. The molecule has 0 aromatic heterocycles. The lowest BCUT2D eigenvalue weighted by Gasteiger charge is -2.07. The summed E-state index contributed by atoms with van der Waals surface area (Å²) >= 11 is 1.84. The smallest absolute Gasteiger partial charge is 0.0196 e. The third-order valence-corrected chi connectivity index (χ3v) is 2.39. The van der Waals surface area contributed by atoms with E-state index < -0.39 is 0 Å². The fourth-order valence-corrected chi connectivity index (χ4v) is 1.11. The molecule has 0 aromatic rings. The molecule has 0 aliphatic carbocycles. The van der Waals surface area contributed by atoms with Crippen LogP contribution in [0, 0.1) is 0 Å². The quantitative estimate of drug-likeness (QED) is 0.609. The van der Waals surface area contributed by atoms with Crippen molar-refractivity contribution in [2.75, 3.05) is 5.75 Å². The molecule has 54 valence electrons. The summed E-state index contributed by atoms with van der Waals surface area (Å²) < 4.78 is 0. The maximum Gasteiger partial charge on any atom is 0.0196 e. The standard InChI is InChI=1S/C7H15NS/c1-4-7(3)9-5-6(2)8/h4,6-7H,1,5,8H2,2-3H3. The molecular formula is C7H15NS. The lowest BCUT2D eigenvalue weighted by atomic mass is 10.4. The van der Waals surface area contributed by atoms with Gasteiger partial charge in [-0.3, -0.25) is 0 Å². The minimum Gasteiger partial charge on any atom is -0.327 e. The van der Waals surface area contributed by atoms with Gasteiger partial charge in [-0.25, -0.2) is 0 Å². The van der Waals surface area contributed by atoms with Crippen LogP contribution in [-0.4, -0.2) is 17.0 Å². The largest absolute Gasteiger partial charge is 0.327 e. The molecule has 0 radical (unpaired) electrons. The third kappa shape index (κ3) is 5.93. The van der Waals surface area contributed by atoms with Gasteiger partial charge in [0.05, 0.1) is 0 Å². The van der Waals surface area contributed by atoms with Gasteiger partial charge in [0.15, 0.2) is 0 Å². The first-order valence-corrected chi connectivity index (χ1v) is 4.21. The Hall–Kier alpha value is 0.0500. The molecule has 1 nitrogen and oxygen atoms in total. The van der Waals surface area contributed by atoms with E-state index in [0.29, 0.717) is 11.3 Å². The average molecular weight is 145 g/mol. The first kappa shape index (κ1) is 9.05. The zero-order valence-corrected chi connectivity index (χ0v) is 6.95. The maximum atomic E-state index is 5.54. The van der Waals surface area contributed by atoms with Crippen molar-refractivity contribution in [3.63, 3.8) is 0 Å². The summed E-state index contributed by atoms with van der Waals surface area (Å²) in [5, 5.41) is 0.538. The molecule has 0 aliphatic heterocycles. The normalized spacial score (nSPS) is 16.8. The van der Waals surface area contributed by atoms with E-state index in [-0.39, 0.29) is 0 Å². The number of thioether (sulfide) groups is 1. The van der Waals surface area contributed by atoms with E-state index >= 15 is 0 Å². The highest BCUT2D eigenvalue weighted by molar-refractivity contribution is 8.00. The first-order valence-electron chi connectivity index (χ1n) is 3.16. The fraction of sp³-hybridized carbons (Fsp3) is 0.714. The van der Waals surface area contributed by atoms with Crippen molar-refractivity contribution in [2.24, 2.45) is 5.73 Å². The van der Waals surface area contributed by atoms with Crippen LogP contribution in [0.25, 0.3) is 0 Å². The van der Waals surface area contributed by atoms with Gasteiger partial charge in [-0.2, -0.15) is 11.8 Å². The van der Waals surface area contributed by atoms with Crippen LogP contribution < -0.4 is 5.73 Å². The van der Waals surface area contributed by atoms with Gasteiger partial charge in [0.25, 0.3) is 0 Å². The average Bonchev–Trinajstić information content (AvgIpc) is 1.83. The van der Waals surface area contributed by atoms with Crippen LogP contribution in [0.5, 0.6) is 0 Å². The van der Waals surface area contributed by atoms with Gasteiger partial charge in [-0.15, -0.1) is 6.58 Å². The molecule has 2 unspecified atom stereocenters. The van der Waals surface area contributed by atoms with Crippen molar-refractivity contribution >= 4 is 11.8 Å². The van der Waals surface area contributed by atoms with E-state index in [1.54, 1.807) is 0 Å². The number of hydrogen-bond acceptors (Lipinski definition) is 2. The van der Waals surface area contributed by atoms with Gasteiger partial charge < -0.3 is 5.73 Å². The van der Waals surface area contributed by atoms with Crippen LogP contribution in [-0.2, 0) is 0 Å². The lowest BCUT2D eigenvalue weighted by molar-refractivity contribution is 0.846. The van der Waals surface area contributed by atoms with E-state index in [1.165, 1.54) is 0 Å². The Morgan fingerprint density at radius 1 is 1.67 bits per heavy atom. The molecule has 2 atom stereocenters. The minimum absolute atomic E-state index is 0.303. The van der Waals surface area contributed by atoms with Gasteiger partial charge in [0, 0.05) is 17.0 Å². The molecule has 0 heterocycles. The molecule has 2 heteroatoms. The van der Waals surface area contributed by atoms with Crippen molar-refractivity contribution < 1.29 is 0 Å². The molecule has 9 heavy (non-hydrogen) atoms. The monoisotopic (exact) mass is 145 g/mol. The minimum atomic E-state index is 0.303. The number of nitrogens with two attached hydrogens (primary N) is 1. The van der Waals surface area contributed by atoms with Gasteiger partial charge in [-0.05, 0) is 13.8 Å². The highest BCUT2D eigenvalue weighted by atomic mass is 32.2. The van der Waals surface area contributed by atoms with E-state index in [1.807, 2.05) is 24.8 Å². The second-order valence-electron chi connectivity index (χ2n) is 2.25. The summed E-state index contributed by atoms with van der Waals surface area (Å²) in [5.74, 6) is 1.02. The summed E-state index contributed by atoms with van der Waals surface area (Å²) in [6.07, 6.45) is 1.94. The van der Waals surface area contributed by atoms with Gasteiger partial charge in [0.1, 0.15) is 0 Å². The van der Waals surface area contributed by atoms with Crippen molar-refractivity contribution in [3.05, 3.63) is 12.7 Å². The molecule has 0 aliphatic rings. The molecule has 0 amide bonds. The highest BCUT2D eigenvalue weighted by Crippen LogP contribution is 2.10. The van der Waals surface area contributed by atoms with Gasteiger partial charge in [-0.1, -0.05) is 6.08 Å². The van der Waals surface area contributed by atoms with E-state index in [0.717, 1.165) is 5.75 Å². The molecule has 0 saturated carbocycles. The number of hydrogen-bond donors (Lipinski definition) is 1. The first-order chi connectivity index (χ1) is 4.16. The lowest BCUT2D eigenvalue weighted by Crippen LogP contribution is -2.18. The van der Waals surface area contributed by atoms with E-state index in [2.05, 4.69) is 13.5 Å². The summed E-state index contributed by atoms with van der Waals surface area (Å²) in [4.78, 5) is 0. The zero-order valence-electron chi connectivity index (χ0n) is 6.13. The topological polar surface area (TPSA) is 26.0 Å². The summed E-state index contributed by atoms with van der Waals surface area (Å²) in [6.45, 7) is 7.82. The van der Waals surface area contributed by atoms with Gasteiger partial charge in [0.2, 0.25) is 0 Å². The van der Waals surface area contributed by atoms with E-state index in [9.17, 15) is 0 Å². The van der Waals surface area contributed by atoms with Crippen molar-refractivity contribution in [3.8, 4) is 0 Å².